The molecule has 100 valence electrons. The Labute approximate surface area is 104 Å². The molecular formula is C13H26N2O2. The fourth-order valence-corrected chi connectivity index (χ4v) is 3.41. The van der Waals surface area contributed by atoms with E-state index < -0.39 is 0 Å². The van der Waals surface area contributed by atoms with Gasteiger partial charge in [0, 0.05) is 19.2 Å². The molecule has 17 heavy (non-hydrogen) atoms. The molecule has 1 saturated carbocycles. The molecular weight excluding hydrogens is 216 g/mol. The van der Waals surface area contributed by atoms with Crippen LogP contribution in [0.5, 0.6) is 0 Å². The van der Waals surface area contributed by atoms with Gasteiger partial charge in [-0.05, 0) is 38.1 Å². The monoisotopic (exact) mass is 242 g/mol. The maximum Gasteiger partial charge on any atom is 0.0638 e. The summed E-state index contributed by atoms with van der Waals surface area (Å²) in [6.45, 7) is 1.93. The van der Waals surface area contributed by atoms with E-state index in [1.54, 1.807) is 7.11 Å². The molecule has 4 heteroatoms. The molecule has 0 spiro atoms. The highest BCUT2D eigenvalue weighted by atomic mass is 16.5. The summed E-state index contributed by atoms with van der Waals surface area (Å²) in [6.07, 6.45) is 6.50. The lowest BCUT2D eigenvalue weighted by atomic mass is 9.92. The number of rotatable bonds is 6. The fraction of sp³-hybridized carbons (Fsp3) is 1.00. The predicted octanol–water partition coefficient (Wildman–Crippen LogP) is 0.504. The molecule has 0 radical (unpaired) electrons. The fourth-order valence-electron chi connectivity index (χ4n) is 3.41. The highest BCUT2D eigenvalue weighted by Gasteiger charge is 2.35. The van der Waals surface area contributed by atoms with Crippen molar-refractivity contribution < 1.29 is 9.84 Å². The first-order valence-electron chi connectivity index (χ1n) is 6.94. The molecule has 4 unspecified atom stereocenters. The van der Waals surface area contributed by atoms with Gasteiger partial charge in [0.05, 0.1) is 19.3 Å². The van der Waals surface area contributed by atoms with Crippen LogP contribution in [-0.4, -0.2) is 50.1 Å². The second-order valence-electron chi connectivity index (χ2n) is 5.41. The van der Waals surface area contributed by atoms with Crippen LogP contribution in [-0.2, 0) is 4.74 Å². The van der Waals surface area contributed by atoms with Crippen molar-refractivity contribution in [2.75, 3.05) is 26.9 Å². The van der Waals surface area contributed by atoms with Gasteiger partial charge < -0.3 is 20.5 Å². The van der Waals surface area contributed by atoms with Gasteiger partial charge in [-0.1, -0.05) is 6.42 Å². The van der Waals surface area contributed by atoms with Gasteiger partial charge in [0.2, 0.25) is 0 Å². The smallest absolute Gasteiger partial charge is 0.0638 e. The Bertz CT molecular complexity index is 219. The van der Waals surface area contributed by atoms with E-state index >= 15 is 0 Å². The van der Waals surface area contributed by atoms with Gasteiger partial charge in [-0.15, -0.1) is 0 Å². The van der Waals surface area contributed by atoms with Crippen molar-refractivity contribution >= 4 is 0 Å². The lowest BCUT2D eigenvalue weighted by Crippen LogP contribution is -2.48. The van der Waals surface area contributed by atoms with Crippen molar-refractivity contribution in [3.05, 3.63) is 0 Å². The number of nitrogens with one attached hydrogen (secondary N) is 2. The van der Waals surface area contributed by atoms with Crippen molar-refractivity contribution in [1.29, 1.82) is 0 Å². The van der Waals surface area contributed by atoms with Crippen LogP contribution >= 0.6 is 0 Å². The summed E-state index contributed by atoms with van der Waals surface area (Å²) in [5, 5.41) is 16.5. The summed E-state index contributed by atoms with van der Waals surface area (Å²) < 4.78 is 5.13. The summed E-state index contributed by atoms with van der Waals surface area (Å²) in [5.74, 6) is 0.739. The Morgan fingerprint density at radius 3 is 2.88 bits per heavy atom. The second kappa shape index (κ2) is 6.69. The van der Waals surface area contributed by atoms with E-state index in [0.29, 0.717) is 18.7 Å². The second-order valence-corrected chi connectivity index (χ2v) is 5.41. The SMILES string of the molecule is COCC(CO)NC1CCCC1C1CCCN1. The van der Waals surface area contributed by atoms with Crippen LogP contribution in [0, 0.1) is 5.92 Å². The van der Waals surface area contributed by atoms with Crippen molar-refractivity contribution in [2.45, 2.75) is 50.2 Å². The Morgan fingerprint density at radius 1 is 1.35 bits per heavy atom. The summed E-state index contributed by atoms with van der Waals surface area (Å²) >= 11 is 0. The number of hydrogen-bond acceptors (Lipinski definition) is 4. The van der Waals surface area contributed by atoms with Crippen LogP contribution < -0.4 is 10.6 Å². The van der Waals surface area contributed by atoms with Gasteiger partial charge in [0.15, 0.2) is 0 Å². The first-order valence-corrected chi connectivity index (χ1v) is 6.94. The normalized spacial score (nSPS) is 35.3. The Balaban J connectivity index is 1.85. The Hall–Kier alpha value is -0.160. The molecule has 0 aromatic carbocycles. The number of aliphatic hydroxyl groups excluding tert-OH is 1. The molecule has 1 aliphatic heterocycles. The Morgan fingerprint density at radius 2 is 2.24 bits per heavy atom. The first-order chi connectivity index (χ1) is 8.35. The molecule has 0 aromatic heterocycles. The summed E-state index contributed by atoms with van der Waals surface area (Å²) in [4.78, 5) is 0. The third kappa shape index (κ3) is 3.41. The van der Waals surface area contributed by atoms with Crippen LogP contribution in [0.1, 0.15) is 32.1 Å². The minimum absolute atomic E-state index is 0.0898. The van der Waals surface area contributed by atoms with E-state index in [1.807, 2.05) is 0 Å². The van der Waals surface area contributed by atoms with E-state index in [4.69, 9.17) is 4.74 Å². The predicted molar refractivity (Wildman–Crippen MR) is 68.0 cm³/mol. The minimum Gasteiger partial charge on any atom is -0.395 e. The lowest BCUT2D eigenvalue weighted by Gasteiger charge is -2.29. The van der Waals surface area contributed by atoms with Crippen molar-refractivity contribution in [2.24, 2.45) is 5.92 Å². The molecule has 1 heterocycles. The highest BCUT2D eigenvalue weighted by Crippen LogP contribution is 2.32. The zero-order valence-electron chi connectivity index (χ0n) is 10.8. The van der Waals surface area contributed by atoms with E-state index in [1.165, 1.54) is 38.6 Å². The van der Waals surface area contributed by atoms with Gasteiger partial charge in [-0.3, -0.25) is 0 Å². The molecule has 2 fully saturated rings. The standard InChI is InChI=1S/C13H26N2O2/c1-17-9-10(8-16)15-13-5-2-4-11(13)12-6-3-7-14-12/h10-16H,2-9H2,1H3. The topological polar surface area (TPSA) is 53.5 Å². The van der Waals surface area contributed by atoms with E-state index in [9.17, 15) is 5.11 Å². The Kier molecular flexibility index (Phi) is 5.22. The zero-order chi connectivity index (χ0) is 12.1. The van der Waals surface area contributed by atoms with Crippen LogP contribution in [0.4, 0.5) is 0 Å². The van der Waals surface area contributed by atoms with Crippen LogP contribution in [0.15, 0.2) is 0 Å². The van der Waals surface area contributed by atoms with Crippen LogP contribution in [0.2, 0.25) is 0 Å². The van der Waals surface area contributed by atoms with Crippen LogP contribution in [0.25, 0.3) is 0 Å². The maximum atomic E-state index is 9.31. The molecule has 0 aromatic rings. The molecule has 0 amide bonds. The molecule has 4 nitrogen and oxygen atoms in total. The van der Waals surface area contributed by atoms with E-state index in [-0.39, 0.29) is 12.6 Å². The largest absolute Gasteiger partial charge is 0.395 e. The molecule has 1 aliphatic carbocycles. The highest BCUT2D eigenvalue weighted by molar-refractivity contribution is 4.94. The minimum atomic E-state index is 0.0898. The lowest BCUT2D eigenvalue weighted by molar-refractivity contribution is 0.116. The number of aliphatic hydroxyl groups is 1. The number of hydrogen-bond donors (Lipinski definition) is 3. The zero-order valence-corrected chi connectivity index (χ0v) is 10.8. The third-order valence-electron chi connectivity index (χ3n) is 4.22. The van der Waals surface area contributed by atoms with Crippen molar-refractivity contribution in [3.8, 4) is 0 Å². The van der Waals surface area contributed by atoms with Gasteiger partial charge in [0.1, 0.15) is 0 Å². The summed E-state index contributed by atoms with van der Waals surface area (Å²) in [5.41, 5.74) is 0. The number of ether oxygens (including phenoxy) is 1. The van der Waals surface area contributed by atoms with Gasteiger partial charge in [-0.2, -0.15) is 0 Å². The number of methoxy groups -OCH3 is 1. The van der Waals surface area contributed by atoms with Gasteiger partial charge >= 0.3 is 0 Å². The average molecular weight is 242 g/mol. The molecule has 0 bridgehead atoms. The molecule has 3 N–H and O–H groups in total. The molecule has 2 rings (SSSR count). The molecule has 4 atom stereocenters. The quantitative estimate of drug-likeness (QED) is 0.635. The summed E-state index contributed by atoms with van der Waals surface area (Å²) in [6, 6.07) is 1.33. The molecule has 1 saturated heterocycles. The van der Waals surface area contributed by atoms with Crippen molar-refractivity contribution in [1.82, 2.24) is 10.6 Å². The average Bonchev–Trinajstić information content (AvgIpc) is 2.98. The molecule has 2 aliphatic rings. The van der Waals surface area contributed by atoms with E-state index in [2.05, 4.69) is 10.6 Å². The van der Waals surface area contributed by atoms with Gasteiger partial charge in [0.25, 0.3) is 0 Å². The van der Waals surface area contributed by atoms with Crippen LogP contribution in [0.3, 0.4) is 0 Å². The van der Waals surface area contributed by atoms with E-state index in [0.717, 1.165) is 5.92 Å². The third-order valence-corrected chi connectivity index (χ3v) is 4.22. The maximum absolute atomic E-state index is 9.31. The van der Waals surface area contributed by atoms with Crippen molar-refractivity contribution in [3.63, 3.8) is 0 Å². The summed E-state index contributed by atoms with van der Waals surface area (Å²) in [7, 11) is 1.69. The van der Waals surface area contributed by atoms with Gasteiger partial charge in [-0.25, -0.2) is 0 Å². The first kappa shape index (κ1) is 13.3.